The number of hydrogen-bond acceptors (Lipinski definition) is 2. The highest BCUT2D eigenvalue weighted by atomic mass is 19.1. The van der Waals surface area contributed by atoms with Crippen LogP contribution in [0.2, 0.25) is 0 Å². The predicted molar refractivity (Wildman–Crippen MR) is 70.4 cm³/mol. The van der Waals surface area contributed by atoms with Gasteiger partial charge in [-0.25, -0.2) is 9.18 Å². The van der Waals surface area contributed by atoms with E-state index in [0.717, 1.165) is 0 Å². The van der Waals surface area contributed by atoms with Crippen LogP contribution in [0.3, 0.4) is 0 Å². The van der Waals surface area contributed by atoms with Crippen molar-refractivity contribution in [2.75, 3.05) is 7.11 Å². The van der Waals surface area contributed by atoms with Gasteiger partial charge in [0, 0.05) is 0 Å². The Morgan fingerprint density at radius 2 is 1.89 bits per heavy atom. The highest BCUT2D eigenvalue weighted by molar-refractivity contribution is 5.83. The Balaban J connectivity index is 2.32. The molecular formula is C14H11FN2O2. The number of benzene rings is 2. The molecule has 2 aromatic carbocycles. The van der Waals surface area contributed by atoms with Crippen LogP contribution in [0.25, 0.3) is 16.7 Å². The summed E-state index contributed by atoms with van der Waals surface area (Å²) >= 11 is 0. The van der Waals surface area contributed by atoms with Gasteiger partial charge in [-0.2, -0.15) is 0 Å². The quantitative estimate of drug-likeness (QED) is 0.767. The fourth-order valence-corrected chi connectivity index (χ4v) is 2.12. The smallest absolute Gasteiger partial charge is 0.331 e. The molecule has 0 bridgehead atoms. The minimum Gasteiger partial charge on any atom is -0.494 e. The first kappa shape index (κ1) is 11.5. The van der Waals surface area contributed by atoms with Crippen molar-refractivity contribution in [3.05, 3.63) is 58.8 Å². The van der Waals surface area contributed by atoms with Crippen LogP contribution in [-0.4, -0.2) is 16.7 Å². The topological polar surface area (TPSA) is 47.0 Å². The van der Waals surface area contributed by atoms with Crippen LogP contribution in [0.5, 0.6) is 5.75 Å². The molecule has 0 fully saturated rings. The highest BCUT2D eigenvalue weighted by Gasteiger charge is 2.11. The van der Waals surface area contributed by atoms with Gasteiger partial charge in [0.05, 0.1) is 18.3 Å². The second kappa shape index (κ2) is 4.28. The van der Waals surface area contributed by atoms with Gasteiger partial charge in [0.15, 0.2) is 0 Å². The molecule has 3 aromatic rings. The van der Waals surface area contributed by atoms with Crippen LogP contribution in [-0.2, 0) is 0 Å². The summed E-state index contributed by atoms with van der Waals surface area (Å²) in [5, 5.41) is 0. The minimum absolute atomic E-state index is 0.286. The lowest BCUT2D eigenvalue weighted by atomic mass is 10.2. The lowest BCUT2D eigenvalue weighted by Gasteiger charge is -2.04. The average molecular weight is 258 g/mol. The standard InChI is InChI=1S/C14H11FN2O2/c1-19-12-4-2-3-11-13(12)16-14(18)17(11)10-7-5-9(15)6-8-10/h2-8H,1H3,(H,16,18). The van der Waals surface area contributed by atoms with Crippen molar-refractivity contribution < 1.29 is 9.13 Å². The number of methoxy groups -OCH3 is 1. The number of aromatic amines is 1. The number of rotatable bonds is 2. The second-order valence-electron chi connectivity index (χ2n) is 4.10. The van der Waals surface area contributed by atoms with E-state index in [1.165, 1.54) is 16.7 Å². The summed E-state index contributed by atoms with van der Waals surface area (Å²) in [6.07, 6.45) is 0. The lowest BCUT2D eigenvalue weighted by molar-refractivity contribution is 0.419. The van der Waals surface area contributed by atoms with Crippen molar-refractivity contribution in [3.63, 3.8) is 0 Å². The Morgan fingerprint density at radius 3 is 2.58 bits per heavy atom. The van der Waals surface area contributed by atoms with E-state index >= 15 is 0 Å². The van der Waals surface area contributed by atoms with E-state index < -0.39 is 0 Å². The predicted octanol–water partition coefficient (Wildman–Crippen LogP) is 2.47. The molecule has 0 aliphatic heterocycles. The van der Waals surface area contributed by atoms with Crippen LogP contribution >= 0.6 is 0 Å². The lowest BCUT2D eigenvalue weighted by Crippen LogP contribution is -2.14. The van der Waals surface area contributed by atoms with Crippen molar-refractivity contribution in [2.45, 2.75) is 0 Å². The normalized spacial score (nSPS) is 10.8. The minimum atomic E-state index is -0.339. The molecule has 0 amide bonds. The summed E-state index contributed by atoms with van der Waals surface area (Å²) in [4.78, 5) is 14.8. The first-order chi connectivity index (χ1) is 9.20. The van der Waals surface area contributed by atoms with Crippen LogP contribution in [0.1, 0.15) is 0 Å². The molecule has 0 saturated heterocycles. The average Bonchev–Trinajstić information content (AvgIpc) is 2.76. The number of nitrogens with zero attached hydrogens (tertiary/aromatic N) is 1. The van der Waals surface area contributed by atoms with Crippen molar-refractivity contribution in [1.82, 2.24) is 9.55 Å². The van der Waals surface area contributed by atoms with Gasteiger partial charge in [0.2, 0.25) is 0 Å². The van der Waals surface area contributed by atoms with Gasteiger partial charge in [0.25, 0.3) is 0 Å². The molecule has 0 unspecified atom stereocenters. The van der Waals surface area contributed by atoms with Crippen molar-refractivity contribution in [2.24, 2.45) is 0 Å². The van der Waals surface area contributed by atoms with Crippen molar-refractivity contribution in [3.8, 4) is 11.4 Å². The second-order valence-corrected chi connectivity index (χ2v) is 4.10. The van der Waals surface area contributed by atoms with E-state index in [0.29, 0.717) is 22.5 Å². The molecule has 0 spiro atoms. The molecule has 4 nitrogen and oxygen atoms in total. The summed E-state index contributed by atoms with van der Waals surface area (Å²) in [5.41, 5.74) is 1.63. The van der Waals surface area contributed by atoms with E-state index in [2.05, 4.69) is 4.98 Å². The Morgan fingerprint density at radius 1 is 1.16 bits per heavy atom. The van der Waals surface area contributed by atoms with Crippen LogP contribution < -0.4 is 10.4 Å². The molecular weight excluding hydrogens is 247 g/mol. The molecule has 96 valence electrons. The third kappa shape index (κ3) is 1.79. The molecule has 0 radical (unpaired) electrons. The fraction of sp³-hybridized carbons (Fsp3) is 0.0714. The SMILES string of the molecule is COc1cccc2c1[nH]c(=O)n2-c1ccc(F)cc1. The Kier molecular flexibility index (Phi) is 2.59. The summed E-state index contributed by atoms with van der Waals surface area (Å²) in [6.45, 7) is 0. The Labute approximate surface area is 108 Å². The monoisotopic (exact) mass is 258 g/mol. The fourth-order valence-electron chi connectivity index (χ4n) is 2.12. The van der Waals surface area contributed by atoms with E-state index in [-0.39, 0.29) is 11.5 Å². The number of H-pyrrole nitrogens is 1. The van der Waals surface area contributed by atoms with Gasteiger partial charge >= 0.3 is 5.69 Å². The summed E-state index contributed by atoms with van der Waals surface area (Å²) in [7, 11) is 1.54. The molecule has 19 heavy (non-hydrogen) atoms. The van der Waals surface area contributed by atoms with E-state index in [4.69, 9.17) is 4.74 Å². The Hall–Kier alpha value is -2.56. The number of fused-ring (bicyclic) bond motifs is 1. The van der Waals surface area contributed by atoms with E-state index in [1.807, 2.05) is 0 Å². The first-order valence-electron chi connectivity index (χ1n) is 5.74. The first-order valence-corrected chi connectivity index (χ1v) is 5.74. The van der Waals surface area contributed by atoms with Crippen LogP contribution in [0.4, 0.5) is 4.39 Å². The van der Waals surface area contributed by atoms with Gasteiger partial charge in [-0.15, -0.1) is 0 Å². The molecule has 1 aromatic heterocycles. The maximum absolute atomic E-state index is 12.9. The zero-order chi connectivity index (χ0) is 13.4. The number of ether oxygens (including phenoxy) is 1. The van der Waals surface area contributed by atoms with Gasteiger partial charge in [-0.3, -0.25) is 4.57 Å². The van der Waals surface area contributed by atoms with Crippen molar-refractivity contribution >= 4 is 11.0 Å². The molecule has 3 rings (SSSR count). The molecule has 5 heteroatoms. The van der Waals surface area contributed by atoms with Gasteiger partial charge < -0.3 is 9.72 Å². The number of para-hydroxylation sites is 1. The van der Waals surface area contributed by atoms with Gasteiger partial charge in [-0.1, -0.05) is 6.07 Å². The number of aromatic nitrogens is 2. The van der Waals surface area contributed by atoms with Gasteiger partial charge in [-0.05, 0) is 36.4 Å². The zero-order valence-corrected chi connectivity index (χ0v) is 10.2. The summed E-state index contributed by atoms with van der Waals surface area (Å²) in [6, 6.07) is 11.1. The molecule has 1 N–H and O–H groups in total. The number of imidazole rings is 1. The number of hydrogen-bond donors (Lipinski definition) is 1. The molecule has 0 atom stereocenters. The highest BCUT2D eigenvalue weighted by Crippen LogP contribution is 2.24. The number of halogens is 1. The third-order valence-electron chi connectivity index (χ3n) is 2.98. The zero-order valence-electron chi connectivity index (χ0n) is 10.2. The summed E-state index contributed by atoms with van der Waals surface area (Å²) < 4.78 is 19.6. The summed E-state index contributed by atoms with van der Waals surface area (Å²) in [5.74, 6) is 0.254. The largest absolute Gasteiger partial charge is 0.494 e. The van der Waals surface area contributed by atoms with E-state index in [9.17, 15) is 9.18 Å². The maximum Gasteiger partial charge on any atom is 0.331 e. The molecule has 0 aliphatic carbocycles. The molecule has 0 aliphatic rings. The van der Waals surface area contributed by atoms with E-state index in [1.54, 1.807) is 37.4 Å². The Bertz CT molecular complexity index is 787. The number of nitrogens with one attached hydrogen (secondary N) is 1. The van der Waals surface area contributed by atoms with Gasteiger partial charge in [0.1, 0.15) is 17.1 Å². The maximum atomic E-state index is 12.9. The van der Waals surface area contributed by atoms with Crippen LogP contribution in [0.15, 0.2) is 47.3 Å². The third-order valence-corrected chi connectivity index (χ3v) is 2.98. The molecule has 1 heterocycles. The van der Waals surface area contributed by atoms with Crippen molar-refractivity contribution in [1.29, 1.82) is 0 Å². The van der Waals surface area contributed by atoms with Crippen LogP contribution in [0, 0.1) is 5.82 Å². The molecule has 0 saturated carbocycles.